The number of ether oxygens (including phenoxy) is 1. The van der Waals surface area contributed by atoms with Crippen LogP contribution in [0.15, 0.2) is 12.4 Å². The first-order valence-corrected chi connectivity index (χ1v) is 13.8. The molecule has 0 radical (unpaired) electrons. The Morgan fingerprint density at radius 3 is 2.16 bits per heavy atom. The average Bonchev–Trinajstić information content (AvgIpc) is 3.45. The van der Waals surface area contributed by atoms with Crippen molar-refractivity contribution in [2.45, 2.75) is 117 Å². The number of alkyl carbamates (subject to hydrolysis) is 1. The van der Waals surface area contributed by atoms with Gasteiger partial charge in [-0.2, -0.15) is 0 Å². The number of likely N-dealkylation sites (tertiary alicyclic amines) is 1. The molecule has 2 aliphatic heterocycles. The molecule has 1 aromatic rings. The zero-order valence-corrected chi connectivity index (χ0v) is 24.4. The standard InChI is InChI=1S/C27H44BN5O5/c1-17(2)21(31-24(35)36-25(3,4)5)22(34)32-13-12-20(16-32)33(19-10-11-19)23-29-14-18(15-30-23)28-37-26(6,7)27(8,9)38-28/h14-15,17,19-21H,10-13,16H2,1-9H3,(H,31,35)/t20-,21-/m1/s1. The minimum Gasteiger partial charge on any atom is -0.444 e. The van der Waals surface area contributed by atoms with E-state index in [2.05, 4.69) is 10.2 Å². The number of carbonyl (C=O) groups excluding carboxylic acids is 2. The maximum Gasteiger partial charge on any atom is 0.498 e. The highest BCUT2D eigenvalue weighted by Gasteiger charge is 2.52. The van der Waals surface area contributed by atoms with E-state index in [9.17, 15) is 9.59 Å². The van der Waals surface area contributed by atoms with Gasteiger partial charge in [-0.3, -0.25) is 4.79 Å². The van der Waals surface area contributed by atoms with E-state index in [4.69, 9.17) is 24.0 Å². The third-order valence-electron chi connectivity index (χ3n) is 7.83. The van der Waals surface area contributed by atoms with Gasteiger partial charge in [0.2, 0.25) is 11.9 Å². The Morgan fingerprint density at radius 1 is 1.08 bits per heavy atom. The molecule has 3 aliphatic rings. The second-order valence-electron chi connectivity index (χ2n) is 13.1. The lowest BCUT2D eigenvalue weighted by Crippen LogP contribution is -2.52. The van der Waals surface area contributed by atoms with Crippen LogP contribution in [0.3, 0.4) is 0 Å². The molecule has 1 aliphatic carbocycles. The van der Waals surface area contributed by atoms with Crippen molar-refractivity contribution in [1.29, 1.82) is 0 Å². The second-order valence-corrected chi connectivity index (χ2v) is 13.1. The Hall–Kier alpha value is -2.40. The maximum atomic E-state index is 13.5. The van der Waals surface area contributed by atoms with Crippen LogP contribution in [0.1, 0.15) is 81.6 Å². The van der Waals surface area contributed by atoms with Gasteiger partial charge in [-0.15, -0.1) is 0 Å². The van der Waals surface area contributed by atoms with Crippen LogP contribution >= 0.6 is 0 Å². The second kappa shape index (κ2) is 10.3. The molecule has 1 saturated carbocycles. The molecule has 2 saturated heterocycles. The van der Waals surface area contributed by atoms with Gasteiger partial charge in [-0.05, 0) is 73.6 Å². The number of nitrogens with zero attached hydrogens (tertiary/aromatic N) is 4. The first kappa shape index (κ1) is 28.6. The maximum absolute atomic E-state index is 13.5. The van der Waals surface area contributed by atoms with Crippen LogP contribution in [0, 0.1) is 5.92 Å². The average molecular weight is 529 g/mol. The molecule has 0 bridgehead atoms. The van der Waals surface area contributed by atoms with Crippen molar-refractivity contribution >= 4 is 30.5 Å². The van der Waals surface area contributed by atoms with Crippen molar-refractivity contribution in [2.24, 2.45) is 5.92 Å². The lowest BCUT2D eigenvalue weighted by Gasteiger charge is -2.32. The minimum atomic E-state index is -0.645. The molecule has 3 fully saturated rings. The number of amides is 2. The van der Waals surface area contributed by atoms with Crippen LogP contribution in [0.25, 0.3) is 0 Å². The van der Waals surface area contributed by atoms with E-state index >= 15 is 0 Å². The van der Waals surface area contributed by atoms with Gasteiger partial charge in [0, 0.05) is 37.0 Å². The fourth-order valence-corrected chi connectivity index (χ4v) is 4.86. The Labute approximate surface area is 227 Å². The van der Waals surface area contributed by atoms with Gasteiger partial charge in [0.25, 0.3) is 0 Å². The summed E-state index contributed by atoms with van der Waals surface area (Å²) < 4.78 is 17.7. The van der Waals surface area contributed by atoms with E-state index in [-0.39, 0.29) is 17.9 Å². The molecule has 0 unspecified atom stereocenters. The Bertz CT molecular complexity index is 1010. The van der Waals surface area contributed by atoms with Crippen LogP contribution < -0.4 is 15.7 Å². The normalized spacial score (nSPS) is 23.5. The fraction of sp³-hybridized carbons (Fsp3) is 0.778. The molecule has 2 amide bonds. The summed E-state index contributed by atoms with van der Waals surface area (Å²) in [4.78, 5) is 39.4. The van der Waals surface area contributed by atoms with Crippen molar-refractivity contribution in [2.75, 3.05) is 18.0 Å². The largest absolute Gasteiger partial charge is 0.498 e. The Kier molecular flexibility index (Phi) is 7.75. The number of aromatic nitrogens is 2. The Morgan fingerprint density at radius 2 is 1.66 bits per heavy atom. The minimum absolute atomic E-state index is 0.0699. The molecule has 4 rings (SSSR count). The summed E-state index contributed by atoms with van der Waals surface area (Å²) in [6.07, 6.45) is 6.00. The lowest BCUT2D eigenvalue weighted by molar-refractivity contribution is -0.133. The van der Waals surface area contributed by atoms with Gasteiger partial charge in [0.1, 0.15) is 11.6 Å². The van der Waals surface area contributed by atoms with Gasteiger partial charge in [-0.25, -0.2) is 14.8 Å². The van der Waals surface area contributed by atoms with E-state index in [0.29, 0.717) is 25.1 Å². The molecule has 38 heavy (non-hydrogen) atoms. The molecule has 1 N–H and O–H groups in total. The highest BCUT2D eigenvalue weighted by atomic mass is 16.7. The van der Waals surface area contributed by atoms with E-state index in [1.807, 2.05) is 46.4 Å². The zero-order chi connectivity index (χ0) is 28.0. The molecule has 0 aromatic carbocycles. The summed E-state index contributed by atoms with van der Waals surface area (Å²) in [6.45, 7) is 18.6. The molecular formula is C27H44BN5O5. The van der Waals surface area contributed by atoms with Crippen LogP contribution in [-0.4, -0.2) is 82.0 Å². The number of hydrogen-bond acceptors (Lipinski definition) is 8. The van der Waals surface area contributed by atoms with Crippen molar-refractivity contribution in [3.8, 4) is 0 Å². The van der Waals surface area contributed by atoms with Crippen molar-refractivity contribution < 1.29 is 23.6 Å². The van der Waals surface area contributed by atoms with Crippen molar-refractivity contribution in [1.82, 2.24) is 20.2 Å². The van der Waals surface area contributed by atoms with Gasteiger partial charge in [0.05, 0.1) is 17.2 Å². The number of nitrogens with one attached hydrogen (secondary N) is 1. The van der Waals surface area contributed by atoms with Gasteiger partial charge in [0.15, 0.2) is 0 Å². The van der Waals surface area contributed by atoms with E-state index in [1.165, 1.54) is 0 Å². The van der Waals surface area contributed by atoms with Crippen LogP contribution in [0.5, 0.6) is 0 Å². The summed E-state index contributed by atoms with van der Waals surface area (Å²) in [5.41, 5.74) is -0.694. The van der Waals surface area contributed by atoms with E-state index in [1.54, 1.807) is 33.2 Å². The molecular weight excluding hydrogens is 485 g/mol. The SMILES string of the molecule is CC(C)[C@@H](NC(=O)OC(C)(C)C)C(=O)N1CC[C@@H](N(c2ncc(B3OC(C)(C)C(C)(C)O3)cn2)C2CC2)C1. The van der Waals surface area contributed by atoms with Gasteiger partial charge in [-0.1, -0.05) is 13.8 Å². The summed E-state index contributed by atoms with van der Waals surface area (Å²) in [7, 11) is -0.506. The Balaban J connectivity index is 1.42. The predicted molar refractivity (Wildman–Crippen MR) is 146 cm³/mol. The third-order valence-corrected chi connectivity index (χ3v) is 7.83. The molecule has 0 spiro atoms. The summed E-state index contributed by atoms with van der Waals surface area (Å²) >= 11 is 0. The number of hydrogen-bond donors (Lipinski definition) is 1. The highest BCUT2D eigenvalue weighted by Crippen LogP contribution is 2.37. The highest BCUT2D eigenvalue weighted by molar-refractivity contribution is 6.61. The fourth-order valence-electron chi connectivity index (χ4n) is 4.86. The van der Waals surface area contributed by atoms with Crippen LogP contribution in [0.4, 0.5) is 10.7 Å². The van der Waals surface area contributed by atoms with E-state index in [0.717, 1.165) is 24.7 Å². The lowest BCUT2D eigenvalue weighted by atomic mass is 9.81. The van der Waals surface area contributed by atoms with Gasteiger partial charge >= 0.3 is 13.2 Å². The topological polar surface area (TPSA) is 106 Å². The quantitative estimate of drug-likeness (QED) is 0.538. The van der Waals surface area contributed by atoms with Crippen LogP contribution in [0.2, 0.25) is 0 Å². The number of anilines is 1. The predicted octanol–water partition coefficient (Wildman–Crippen LogP) is 2.89. The smallest absolute Gasteiger partial charge is 0.444 e. The molecule has 11 heteroatoms. The number of rotatable bonds is 7. The van der Waals surface area contributed by atoms with E-state index < -0.39 is 36.1 Å². The monoisotopic (exact) mass is 529 g/mol. The molecule has 1 aromatic heterocycles. The summed E-state index contributed by atoms with van der Waals surface area (Å²) in [5.74, 6) is 0.514. The zero-order valence-electron chi connectivity index (χ0n) is 24.4. The third kappa shape index (κ3) is 6.25. The van der Waals surface area contributed by atoms with Gasteiger partial charge < -0.3 is 29.2 Å². The molecule has 3 heterocycles. The first-order valence-electron chi connectivity index (χ1n) is 13.8. The van der Waals surface area contributed by atoms with Crippen molar-refractivity contribution in [3.05, 3.63) is 12.4 Å². The molecule has 210 valence electrons. The van der Waals surface area contributed by atoms with Crippen molar-refractivity contribution in [3.63, 3.8) is 0 Å². The summed E-state index contributed by atoms with van der Waals surface area (Å²) in [5, 5.41) is 2.79. The van der Waals surface area contributed by atoms with Crippen LogP contribution in [-0.2, 0) is 18.8 Å². The summed E-state index contributed by atoms with van der Waals surface area (Å²) in [6, 6.07) is -0.157. The number of carbonyl (C=O) groups is 2. The first-order chi connectivity index (χ1) is 17.6. The molecule has 10 nitrogen and oxygen atoms in total. The molecule has 2 atom stereocenters.